The molecular weight excluding hydrogens is 305 g/mol. The number of aryl methyl sites for hydroxylation is 1. The Hall–Kier alpha value is -1.69. The molecule has 2 rings (SSSR count). The zero-order valence-electron chi connectivity index (χ0n) is 11.3. The molecule has 1 heterocycles. The molecule has 0 aliphatic carbocycles. The van der Waals surface area contributed by atoms with Crippen LogP contribution in [-0.4, -0.2) is 16.4 Å². The maximum Gasteiger partial charge on any atom is 0.419 e. The van der Waals surface area contributed by atoms with Crippen molar-refractivity contribution >= 4 is 11.6 Å². The Morgan fingerprint density at radius 3 is 2.62 bits per heavy atom. The first-order valence-electron chi connectivity index (χ1n) is 6.27. The molecule has 0 aliphatic rings. The van der Waals surface area contributed by atoms with Crippen molar-refractivity contribution in [3.05, 3.63) is 47.3 Å². The topological polar surface area (TPSA) is 27.1 Å². The van der Waals surface area contributed by atoms with Gasteiger partial charge in [0.2, 0.25) is 0 Å². The molecule has 0 bridgehead atoms. The van der Waals surface area contributed by atoms with Crippen molar-refractivity contribution in [2.24, 2.45) is 7.05 Å². The fourth-order valence-electron chi connectivity index (χ4n) is 1.92. The third kappa shape index (κ3) is 3.91. The first-order chi connectivity index (χ1) is 9.91. The van der Waals surface area contributed by atoms with Crippen molar-refractivity contribution in [2.75, 3.05) is 6.61 Å². The second-order valence-electron chi connectivity index (χ2n) is 4.51. The van der Waals surface area contributed by atoms with Gasteiger partial charge in [-0.3, -0.25) is 4.68 Å². The van der Waals surface area contributed by atoms with Gasteiger partial charge >= 0.3 is 6.18 Å². The van der Waals surface area contributed by atoms with E-state index in [1.807, 2.05) is 0 Å². The number of hydrogen-bond donors (Lipinski definition) is 0. The predicted octanol–water partition coefficient (Wildman–Crippen LogP) is 3.80. The van der Waals surface area contributed by atoms with E-state index in [4.69, 9.17) is 16.3 Å². The van der Waals surface area contributed by atoms with E-state index in [1.54, 1.807) is 24.0 Å². The van der Waals surface area contributed by atoms with E-state index in [0.29, 0.717) is 12.0 Å². The lowest BCUT2D eigenvalue weighted by Gasteiger charge is -2.15. The van der Waals surface area contributed by atoms with Crippen LogP contribution in [0.2, 0.25) is 0 Å². The van der Waals surface area contributed by atoms with Gasteiger partial charge in [-0.15, -0.1) is 11.6 Å². The van der Waals surface area contributed by atoms with Gasteiger partial charge in [-0.1, -0.05) is 6.07 Å². The summed E-state index contributed by atoms with van der Waals surface area (Å²) in [5, 5.41) is 3.99. The Labute approximate surface area is 125 Å². The molecule has 0 N–H and O–H groups in total. The van der Waals surface area contributed by atoms with Crippen molar-refractivity contribution in [3.63, 3.8) is 0 Å². The summed E-state index contributed by atoms with van der Waals surface area (Å²) in [6, 6.07) is 5.66. The molecule has 0 fully saturated rings. The van der Waals surface area contributed by atoms with Crippen LogP contribution in [0.15, 0.2) is 30.5 Å². The highest BCUT2D eigenvalue weighted by molar-refractivity contribution is 6.17. The number of benzene rings is 1. The van der Waals surface area contributed by atoms with Gasteiger partial charge in [0.15, 0.2) is 0 Å². The molecule has 0 saturated carbocycles. The maximum atomic E-state index is 13.0. The summed E-state index contributed by atoms with van der Waals surface area (Å²) < 4.78 is 45.9. The highest BCUT2D eigenvalue weighted by atomic mass is 35.5. The van der Waals surface area contributed by atoms with E-state index < -0.39 is 11.7 Å². The summed E-state index contributed by atoms with van der Waals surface area (Å²) in [4.78, 5) is 0. The lowest BCUT2D eigenvalue weighted by molar-refractivity contribution is -0.139. The first kappa shape index (κ1) is 15.7. The molecule has 2 aromatic rings. The van der Waals surface area contributed by atoms with E-state index in [9.17, 15) is 13.2 Å². The van der Waals surface area contributed by atoms with Crippen LogP contribution < -0.4 is 4.74 Å². The van der Waals surface area contributed by atoms with Crippen molar-refractivity contribution in [3.8, 4) is 5.75 Å². The van der Waals surface area contributed by atoms with Crippen LogP contribution in [0, 0.1) is 0 Å². The average Bonchev–Trinajstić information content (AvgIpc) is 2.83. The van der Waals surface area contributed by atoms with Crippen LogP contribution in [0.25, 0.3) is 0 Å². The molecular formula is C14H14ClF3N2O. The Kier molecular flexibility index (Phi) is 4.77. The largest absolute Gasteiger partial charge is 0.493 e. The van der Waals surface area contributed by atoms with Crippen molar-refractivity contribution < 1.29 is 17.9 Å². The number of halogens is 4. The minimum atomic E-state index is -4.47. The molecule has 3 nitrogen and oxygen atoms in total. The van der Waals surface area contributed by atoms with E-state index >= 15 is 0 Å². The maximum absolute atomic E-state index is 13.0. The summed E-state index contributed by atoms with van der Waals surface area (Å²) in [5.41, 5.74) is 0.495. The number of aromatic nitrogens is 2. The SMILES string of the molecule is Cn1nccc1CCOc1ccc(CCl)cc1C(F)(F)F. The minimum Gasteiger partial charge on any atom is -0.493 e. The monoisotopic (exact) mass is 318 g/mol. The molecule has 1 aromatic carbocycles. The molecule has 0 aliphatic heterocycles. The molecule has 0 saturated heterocycles. The summed E-state index contributed by atoms with van der Waals surface area (Å²) in [7, 11) is 1.77. The molecule has 0 spiro atoms. The predicted molar refractivity (Wildman–Crippen MR) is 73.4 cm³/mol. The number of alkyl halides is 4. The van der Waals surface area contributed by atoms with E-state index in [2.05, 4.69) is 5.10 Å². The van der Waals surface area contributed by atoms with Crippen LogP contribution in [0.3, 0.4) is 0 Å². The van der Waals surface area contributed by atoms with E-state index in [1.165, 1.54) is 12.1 Å². The van der Waals surface area contributed by atoms with E-state index in [0.717, 1.165) is 11.8 Å². The number of ether oxygens (including phenoxy) is 1. The number of hydrogen-bond acceptors (Lipinski definition) is 2. The standard InChI is InChI=1S/C14H14ClF3N2O/c1-20-11(4-6-19-20)5-7-21-13-3-2-10(9-15)8-12(13)14(16,17)18/h2-4,6,8H,5,7,9H2,1H3. The van der Waals surface area contributed by atoms with Crippen LogP contribution in [0.4, 0.5) is 13.2 Å². The highest BCUT2D eigenvalue weighted by Gasteiger charge is 2.34. The normalized spacial score (nSPS) is 11.7. The zero-order chi connectivity index (χ0) is 15.5. The van der Waals surface area contributed by atoms with Gasteiger partial charge in [0.05, 0.1) is 12.2 Å². The zero-order valence-corrected chi connectivity index (χ0v) is 12.1. The van der Waals surface area contributed by atoms with Crippen LogP contribution >= 0.6 is 11.6 Å². The molecule has 0 unspecified atom stereocenters. The van der Waals surface area contributed by atoms with Gasteiger partial charge in [-0.25, -0.2) is 0 Å². The van der Waals surface area contributed by atoms with Gasteiger partial charge in [-0.2, -0.15) is 18.3 Å². The fourth-order valence-corrected chi connectivity index (χ4v) is 2.09. The molecule has 114 valence electrons. The van der Waals surface area contributed by atoms with Gasteiger partial charge in [-0.05, 0) is 23.8 Å². The molecule has 21 heavy (non-hydrogen) atoms. The molecule has 1 aromatic heterocycles. The van der Waals surface area contributed by atoms with Gasteiger partial charge in [0.1, 0.15) is 5.75 Å². The summed E-state index contributed by atoms with van der Waals surface area (Å²) >= 11 is 5.57. The third-order valence-electron chi connectivity index (χ3n) is 3.04. The van der Waals surface area contributed by atoms with E-state index in [-0.39, 0.29) is 18.2 Å². The van der Waals surface area contributed by atoms with Gasteiger partial charge in [0.25, 0.3) is 0 Å². The molecule has 0 atom stereocenters. The summed E-state index contributed by atoms with van der Waals surface area (Å²) in [6.45, 7) is 0.142. The fraction of sp³-hybridized carbons (Fsp3) is 0.357. The van der Waals surface area contributed by atoms with Crippen LogP contribution in [0.1, 0.15) is 16.8 Å². The quantitative estimate of drug-likeness (QED) is 0.784. The Morgan fingerprint density at radius 2 is 2.05 bits per heavy atom. The van der Waals surface area contributed by atoms with Crippen LogP contribution in [-0.2, 0) is 25.5 Å². The Morgan fingerprint density at radius 1 is 1.29 bits per heavy atom. The Balaban J connectivity index is 2.10. The Bertz CT molecular complexity index is 611. The second kappa shape index (κ2) is 6.39. The minimum absolute atomic E-state index is 0.0262. The first-order valence-corrected chi connectivity index (χ1v) is 6.81. The van der Waals surface area contributed by atoms with Crippen molar-refractivity contribution in [1.29, 1.82) is 0 Å². The lowest BCUT2D eigenvalue weighted by Crippen LogP contribution is -2.12. The highest BCUT2D eigenvalue weighted by Crippen LogP contribution is 2.37. The molecule has 0 amide bonds. The van der Waals surface area contributed by atoms with Crippen LogP contribution in [0.5, 0.6) is 5.75 Å². The lowest BCUT2D eigenvalue weighted by atomic mass is 10.1. The number of rotatable bonds is 5. The van der Waals surface area contributed by atoms with Gasteiger partial charge in [0, 0.05) is 31.2 Å². The van der Waals surface area contributed by atoms with Crippen molar-refractivity contribution in [2.45, 2.75) is 18.5 Å². The van der Waals surface area contributed by atoms with Crippen molar-refractivity contribution in [1.82, 2.24) is 9.78 Å². The second-order valence-corrected chi connectivity index (χ2v) is 4.77. The molecule has 0 radical (unpaired) electrons. The number of nitrogens with zero attached hydrogens (tertiary/aromatic N) is 2. The summed E-state index contributed by atoms with van der Waals surface area (Å²) in [6.07, 6.45) is -2.36. The smallest absolute Gasteiger partial charge is 0.419 e. The molecule has 7 heteroatoms. The third-order valence-corrected chi connectivity index (χ3v) is 3.35. The average molecular weight is 319 g/mol. The van der Waals surface area contributed by atoms with Gasteiger partial charge < -0.3 is 4.74 Å². The summed E-state index contributed by atoms with van der Waals surface area (Å²) in [5.74, 6) is -0.156.